The van der Waals surface area contributed by atoms with Gasteiger partial charge in [0.15, 0.2) is 0 Å². The van der Waals surface area contributed by atoms with Gasteiger partial charge in [-0.2, -0.15) is 0 Å². The summed E-state index contributed by atoms with van der Waals surface area (Å²) < 4.78 is 41.2. The average Bonchev–Trinajstić information content (AvgIpc) is 3.53. The molecule has 0 fully saturated rings. The van der Waals surface area contributed by atoms with Gasteiger partial charge >= 0.3 is 0 Å². The zero-order chi connectivity index (χ0) is 44.1. The van der Waals surface area contributed by atoms with Gasteiger partial charge in [-0.15, -0.1) is 0 Å². The summed E-state index contributed by atoms with van der Waals surface area (Å²) in [4.78, 5) is 28.6. The molecule has 1 unspecified atom stereocenters. The molecule has 326 valence electrons. The smallest absolute Gasteiger partial charge is 0.254 e. The van der Waals surface area contributed by atoms with Gasteiger partial charge in [0, 0.05) is 89.6 Å². The van der Waals surface area contributed by atoms with Crippen molar-refractivity contribution < 1.29 is 23.0 Å². The van der Waals surface area contributed by atoms with Gasteiger partial charge in [0.05, 0.1) is 55.6 Å². The van der Waals surface area contributed by atoms with Crippen LogP contribution in [0.2, 0.25) is 5.02 Å². The standard InChI is InChI=1S/C49H51ClF2N8O3/c1-3-7-32(2)60-31-35-26-33(11-17-39(35)48(60)61)8-4-5-19-54-20-22-62-24-25-63-23-21-55-30-44(53)34-12-15-38(16-13-34)58-49-57-29-36-28-56-47(45-42(51)9-6-10-43(45)52)41-27-37(50)14-18-40(41)46(36)59-49/h6,9-18,26-27,29-30,32,54-55H,3,5,7,19-25,28,31,53H2,1-2H3,(H,57,58,59)/b44-30-. The van der Waals surface area contributed by atoms with Crippen molar-refractivity contribution >= 4 is 40.6 Å². The van der Waals surface area contributed by atoms with Crippen LogP contribution in [0.1, 0.15) is 76.8 Å². The molecule has 1 atom stereocenters. The number of fused-ring (bicyclic) bond motifs is 4. The Labute approximate surface area is 372 Å². The van der Waals surface area contributed by atoms with E-state index in [1.165, 1.54) is 18.2 Å². The molecule has 0 saturated carbocycles. The largest absolute Gasteiger partial charge is 0.397 e. The Balaban J connectivity index is 0.777. The number of nitrogens with zero attached hydrogens (tertiary/aromatic N) is 4. The molecule has 0 saturated heterocycles. The normalized spacial score (nSPS) is 13.6. The number of nitrogens with two attached hydrogens (primary N) is 1. The molecule has 14 heteroatoms. The van der Waals surface area contributed by atoms with E-state index in [1.807, 2.05) is 41.3 Å². The molecule has 0 radical (unpaired) electrons. The van der Waals surface area contributed by atoms with Crippen LogP contribution in [0, 0.1) is 23.5 Å². The fourth-order valence-corrected chi connectivity index (χ4v) is 7.62. The first kappa shape index (κ1) is 44.9. The van der Waals surface area contributed by atoms with Crippen LogP contribution < -0.4 is 21.7 Å². The van der Waals surface area contributed by atoms with E-state index in [4.69, 9.17) is 31.8 Å². The maximum atomic E-state index is 14.9. The summed E-state index contributed by atoms with van der Waals surface area (Å²) in [5.74, 6) is 5.49. The molecule has 1 aromatic heterocycles. The molecule has 2 aliphatic heterocycles. The summed E-state index contributed by atoms with van der Waals surface area (Å²) in [5.41, 5.74) is 13.6. The number of aromatic nitrogens is 2. The summed E-state index contributed by atoms with van der Waals surface area (Å²) in [5, 5.41) is 10.2. The van der Waals surface area contributed by atoms with E-state index in [1.54, 1.807) is 30.6 Å². The van der Waals surface area contributed by atoms with Gasteiger partial charge in [-0.25, -0.2) is 18.7 Å². The number of carbonyl (C=O) groups is 1. The lowest BCUT2D eigenvalue weighted by molar-refractivity contribution is 0.0507. The number of carbonyl (C=O) groups excluding carboxylic acids is 1. The first-order chi connectivity index (χ1) is 30.7. The Hall–Kier alpha value is -6.17. The van der Waals surface area contributed by atoms with E-state index < -0.39 is 11.6 Å². The summed E-state index contributed by atoms with van der Waals surface area (Å²) >= 11 is 6.35. The molecule has 2 aliphatic rings. The molecule has 5 aromatic rings. The number of amides is 1. The maximum Gasteiger partial charge on any atom is 0.254 e. The topological polar surface area (TPSA) is 139 Å². The predicted octanol–water partition coefficient (Wildman–Crippen LogP) is 8.23. The fraction of sp³-hybridized carbons (Fsp3) is 0.306. The van der Waals surface area contributed by atoms with E-state index in [-0.39, 0.29) is 29.8 Å². The minimum absolute atomic E-state index is 0.124. The van der Waals surface area contributed by atoms with Crippen LogP contribution in [0.4, 0.5) is 20.4 Å². The minimum atomic E-state index is -0.715. The lowest BCUT2D eigenvalue weighted by atomic mass is 9.95. The van der Waals surface area contributed by atoms with Crippen LogP contribution in [0.25, 0.3) is 17.0 Å². The molecule has 0 spiro atoms. The zero-order valence-corrected chi connectivity index (χ0v) is 36.2. The lowest BCUT2D eigenvalue weighted by Gasteiger charge is -2.23. The van der Waals surface area contributed by atoms with Crippen molar-refractivity contribution in [2.45, 2.75) is 52.2 Å². The Bertz CT molecular complexity index is 2520. The molecule has 3 heterocycles. The van der Waals surface area contributed by atoms with Crippen LogP contribution in [-0.4, -0.2) is 78.6 Å². The van der Waals surface area contributed by atoms with E-state index in [0.29, 0.717) is 78.6 Å². The van der Waals surface area contributed by atoms with Gasteiger partial charge in [0.1, 0.15) is 11.6 Å². The SMILES string of the molecule is CCCC(C)N1Cc2cc(C#CCCNCCOCCOCCN/C=C(\N)c3ccc(Nc4ncc5c(n4)-c4ccc(Cl)cc4C(c4c(F)cccc4F)=NC5)cc3)ccc2C1=O. The number of halogens is 3. The van der Waals surface area contributed by atoms with Crippen molar-refractivity contribution in [2.75, 3.05) is 51.4 Å². The number of hydrogen-bond acceptors (Lipinski definition) is 10. The third kappa shape index (κ3) is 11.5. The van der Waals surface area contributed by atoms with Gasteiger partial charge in [0.2, 0.25) is 5.95 Å². The molecule has 0 aliphatic carbocycles. The minimum Gasteiger partial charge on any atom is -0.397 e. The van der Waals surface area contributed by atoms with Crippen molar-refractivity contribution in [1.82, 2.24) is 25.5 Å². The van der Waals surface area contributed by atoms with E-state index >= 15 is 0 Å². The number of nitrogens with one attached hydrogen (secondary N) is 3. The number of aliphatic imine (C=N–C) groups is 1. The highest BCUT2D eigenvalue weighted by Crippen LogP contribution is 2.35. The Morgan fingerprint density at radius 3 is 2.48 bits per heavy atom. The second-order valence-corrected chi connectivity index (χ2v) is 15.7. The van der Waals surface area contributed by atoms with Crippen LogP contribution in [-0.2, 0) is 22.6 Å². The van der Waals surface area contributed by atoms with Gasteiger partial charge in [-0.1, -0.05) is 61.1 Å². The average molecular weight is 873 g/mol. The van der Waals surface area contributed by atoms with Crippen molar-refractivity contribution in [2.24, 2.45) is 10.7 Å². The van der Waals surface area contributed by atoms with E-state index in [2.05, 4.69) is 57.7 Å². The predicted molar refractivity (Wildman–Crippen MR) is 245 cm³/mol. The Kier molecular flexibility index (Phi) is 15.5. The number of ether oxygens (including phenoxy) is 2. The summed E-state index contributed by atoms with van der Waals surface area (Å²) in [7, 11) is 0. The Morgan fingerprint density at radius 2 is 1.70 bits per heavy atom. The monoisotopic (exact) mass is 872 g/mol. The zero-order valence-electron chi connectivity index (χ0n) is 35.4. The third-order valence-electron chi connectivity index (χ3n) is 10.7. The first-order valence-corrected chi connectivity index (χ1v) is 21.6. The number of hydrogen-bond donors (Lipinski definition) is 4. The highest BCUT2D eigenvalue weighted by Gasteiger charge is 2.30. The summed E-state index contributed by atoms with van der Waals surface area (Å²) in [6, 6.07) is 22.5. The summed E-state index contributed by atoms with van der Waals surface area (Å²) in [6.45, 7) is 9.18. The van der Waals surface area contributed by atoms with Crippen molar-refractivity contribution in [3.63, 3.8) is 0 Å². The molecule has 4 aromatic carbocycles. The van der Waals surface area contributed by atoms with Crippen LogP contribution in [0.3, 0.4) is 0 Å². The van der Waals surface area contributed by atoms with Crippen molar-refractivity contribution in [1.29, 1.82) is 0 Å². The molecule has 11 nitrogen and oxygen atoms in total. The second-order valence-electron chi connectivity index (χ2n) is 15.2. The molecule has 63 heavy (non-hydrogen) atoms. The Morgan fingerprint density at radius 1 is 0.937 bits per heavy atom. The molecule has 7 rings (SSSR count). The maximum absolute atomic E-state index is 14.9. The van der Waals surface area contributed by atoms with Gasteiger partial charge in [-0.05, 0) is 79.1 Å². The lowest BCUT2D eigenvalue weighted by Crippen LogP contribution is -2.33. The molecular weight excluding hydrogens is 822 g/mol. The van der Waals surface area contributed by atoms with Gasteiger partial charge < -0.3 is 36.1 Å². The van der Waals surface area contributed by atoms with Crippen molar-refractivity contribution in [3.8, 4) is 23.1 Å². The highest BCUT2D eigenvalue weighted by molar-refractivity contribution is 6.31. The van der Waals surface area contributed by atoms with Crippen LogP contribution >= 0.6 is 11.6 Å². The van der Waals surface area contributed by atoms with E-state index in [0.717, 1.165) is 60.3 Å². The second kappa shape index (κ2) is 21.8. The molecular formula is C49H51ClF2N8O3. The highest BCUT2D eigenvalue weighted by atomic mass is 35.5. The van der Waals surface area contributed by atoms with Crippen molar-refractivity contribution in [3.05, 3.63) is 147 Å². The van der Waals surface area contributed by atoms with E-state index in [9.17, 15) is 13.6 Å². The van der Waals surface area contributed by atoms with Gasteiger partial charge in [-0.3, -0.25) is 9.79 Å². The fourth-order valence-electron chi connectivity index (χ4n) is 7.45. The van der Waals surface area contributed by atoms with Crippen LogP contribution in [0.15, 0.2) is 96.3 Å². The summed E-state index contributed by atoms with van der Waals surface area (Å²) in [6.07, 6.45) is 6.19. The third-order valence-corrected chi connectivity index (χ3v) is 11.0. The number of rotatable bonds is 19. The first-order valence-electron chi connectivity index (χ1n) is 21.2. The molecule has 5 N–H and O–H groups in total. The quantitative estimate of drug-likeness (QED) is 0.0478. The van der Waals surface area contributed by atoms with Gasteiger partial charge in [0.25, 0.3) is 5.91 Å². The van der Waals surface area contributed by atoms with Crippen LogP contribution in [0.5, 0.6) is 0 Å². The molecule has 1 amide bonds. The molecule has 0 bridgehead atoms. The number of benzene rings is 4. The number of anilines is 2.